The summed E-state index contributed by atoms with van der Waals surface area (Å²) < 4.78 is 33.8. The predicted octanol–water partition coefficient (Wildman–Crippen LogP) is 4.53. The molecule has 1 unspecified atom stereocenters. The van der Waals surface area contributed by atoms with Crippen LogP contribution in [0.3, 0.4) is 0 Å². The average Bonchev–Trinajstić information content (AvgIpc) is 3.32. The molecule has 0 saturated carbocycles. The lowest BCUT2D eigenvalue weighted by molar-refractivity contribution is 0.0664. The molecule has 0 aliphatic carbocycles. The van der Waals surface area contributed by atoms with Crippen LogP contribution in [0.15, 0.2) is 42.9 Å². The van der Waals surface area contributed by atoms with E-state index in [1.165, 1.54) is 20.3 Å². The summed E-state index contributed by atoms with van der Waals surface area (Å²) in [5, 5.41) is 4.20. The number of ether oxygens (including phenoxy) is 3. The Hall–Kier alpha value is -3.79. The van der Waals surface area contributed by atoms with Gasteiger partial charge in [0.2, 0.25) is 0 Å². The van der Waals surface area contributed by atoms with Gasteiger partial charge in [-0.15, -0.1) is 0 Å². The minimum Gasteiger partial charge on any atom is -0.497 e. The lowest BCUT2D eigenvalue weighted by Crippen LogP contribution is -2.31. The van der Waals surface area contributed by atoms with E-state index < -0.39 is 5.82 Å². The normalized spacial score (nSPS) is 12.1. The summed E-state index contributed by atoms with van der Waals surface area (Å²) in [6.07, 6.45) is 5.86. The van der Waals surface area contributed by atoms with Crippen LogP contribution in [-0.4, -0.2) is 58.2 Å². The van der Waals surface area contributed by atoms with Crippen molar-refractivity contribution in [2.75, 3.05) is 32.3 Å². The Balaban J connectivity index is 1.84. The molecular weight excluding hydrogens is 451 g/mol. The van der Waals surface area contributed by atoms with Crippen molar-refractivity contribution >= 4 is 22.7 Å². The predicted molar refractivity (Wildman–Crippen MR) is 132 cm³/mol. The Morgan fingerprint density at radius 2 is 1.91 bits per heavy atom. The van der Waals surface area contributed by atoms with Gasteiger partial charge in [-0.3, -0.25) is 9.67 Å². The van der Waals surface area contributed by atoms with Crippen molar-refractivity contribution in [3.63, 3.8) is 0 Å². The minimum absolute atomic E-state index is 0.0771. The molecule has 0 N–H and O–H groups in total. The summed E-state index contributed by atoms with van der Waals surface area (Å²) in [4.78, 5) is 15.7. The number of pyridine rings is 1. The molecule has 9 nitrogen and oxygen atoms in total. The van der Waals surface area contributed by atoms with E-state index in [-0.39, 0.29) is 17.5 Å². The summed E-state index contributed by atoms with van der Waals surface area (Å²) in [5.41, 5.74) is 2.81. The second-order valence-electron chi connectivity index (χ2n) is 7.93. The quantitative estimate of drug-likeness (QED) is 0.327. The summed E-state index contributed by atoms with van der Waals surface area (Å²) in [6.45, 7) is 4.87. The van der Waals surface area contributed by atoms with E-state index in [1.54, 1.807) is 34.1 Å². The lowest BCUT2D eigenvalue weighted by Gasteiger charge is -2.29. The Labute approximate surface area is 203 Å². The Morgan fingerprint density at radius 3 is 2.57 bits per heavy atom. The van der Waals surface area contributed by atoms with Gasteiger partial charge in [-0.1, -0.05) is 6.92 Å². The second-order valence-corrected chi connectivity index (χ2v) is 7.93. The van der Waals surface area contributed by atoms with Crippen molar-refractivity contribution in [3.8, 4) is 22.8 Å². The fraction of sp³-hybridized carbons (Fsp3) is 0.360. The van der Waals surface area contributed by atoms with E-state index in [1.807, 2.05) is 33.2 Å². The van der Waals surface area contributed by atoms with Gasteiger partial charge >= 0.3 is 0 Å². The summed E-state index contributed by atoms with van der Waals surface area (Å²) in [5.74, 6) is 0.527. The number of aromatic nitrogens is 5. The van der Waals surface area contributed by atoms with Gasteiger partial charge in [-0.2, -0.15) is 5.10 Å². The first-order valence-electron chi connectivity index (χ1n) is 11.4. The maximum absolute atomic E-state index is 15.5. The highest BCUT2D eigenvalue weighted by molar-refractivity contribution is 5.77. The number of hydrogen-bond acceptors (Lipinski definition) is 8. The number of nitrogens with zero attached hydrogens (tertiary/aromatic N) is 6. The zero-order chi connectivity index (χ0) is 24.9. The molecule has 10 heteroatoms. The van der Waals surface area contributed by atoms with Crippen LogP contribution in [0.2, 0.25) is 0 Å². The molecular formula is C25H29FN6O3. The number of aryl methyl sites for hydroxylation is 1. The smallest absolute Gasteiger partial charge is 0.188 e. The third-order valence-corrected chi connectivity index (χ3v) is 5.65. The van der Waals surface area contributed by atoms with E-state index in [0.29, 0.717) is 41.6 Å². The van der Waals surface area contributed by atoms with Gasteiger partial charge in [0.1, 0.15) is 17.1 Å². The first-order chi connectivity index (χ1) is 17.0. The molecule has 184 valence electrons. The number of methoxy groups -OCH3 is 2. The first kappa shape index (κ1) is 24.3. The van der Waals surface area contributed by atoms with Crippen LogP contribution < -0.4 is 14.4 Å². The molecule has 1 aromatic carbocycles. The van der Waals surface area contributed by atoms with Crippen LogP contribution in [0, 0.1) is 5.82 Å². The third kappa shape index (κ3) is 5.17. The molecule has 0 aliphatic heterocycles. The number of hydrogen-bond donors (Lipinski definition) is 0. The molecule has 4 aromatic rings. The van der Waals surface area contributed by atoms with Gasteiger partial charge < -0.3 is 19.1 Å². The fourth-order valence-corrected chi connectivity index (χ4v) is 3.81. The lowest BCUT2D eigenvalue weighted by atomic mass is 10.2. The van der Waals surface area contributed by atoms with Gasteiger partial charge in [0.05, 0.1) is 50.6 Å². The van der Waals surface area contributed by atoms with E-state index >= 15 is 4.39 Å². The zero-order valence-corrected chi connectivity index (χ0v) is 20.5. The van der Waals surface area contributed by atoms with Gasteiger partial charge in [0, 0.05) is 37.5 Å². The Bertz CT molecular complexity index is 1310. The highest BCUT2D eigenvalue weighted by Gasteiger charge is 2.24. The van der Waals surface area contributed by atoms with Gasteiger partial charge in [0.25, 0.3) is 0 Å². The minimum atomic E-state index is -0.517. The number of benzene rings is 1. The zero-order valence-electron chi connectivity index (χ0n) is 20.5. The molecule has 1 atom stereocenters. The highest BCUT2D eigenvalue weighted by atomic mass is 19.1. The Kier molecular flexibility index (Phi) is 7.40. The maximum Gasteiger partial charge on any atom is 0.188 e. The molecule has 0 amide bonds. The van der Waals surface area contributed by atoms with Crippen molar-refractivity contribution in [2.45, 2.75) is 26.4 Å². The van der Waals surface area contributed by atoms with Crippen molar-refractivity contribution < 1.29 is 18.6 Å². The van der Waals surface area contributed by atoms with Gasteiger partial charge in [-0.25, -0.2) is 14.4 Å². The first-order valence-corrected chi connectivity index (χ1v) is 11.4. The number of rotatable bonds is 10. The summed E-state index contributed by atoms with van der Waals surface area (Å²) in [6, 6.07) is 6.75. The molecule has 0 aliphatic rings. The van der Waals surface area contributed by atoms with E-state index in [4.69, 9.17) is 24.2 Å². The Morgan fingerprint density at radius 1 is 1.09 bits per heavy atom. The van der Waals surface area contributed by atoms with Crippen LogP contribution in [-0.2, 0) is 11.8 Å². The molecule has 0 bridgehead atoms. The number of halogens is 1. The molecule has 0 spiro atoms. The van der Waals surface area contributed by atoms with Crippen molar-refractivity contribution in [1.82, 2.24) is 24.7 Å². The number of anilines is 2. The molecule has 4 rings (SSSR count). The van der Waals surface area contributed by atoms with Crippen molar-refractivity contribution in [1.29, 1.82) is 0 Å². The van der Waals surface area contributed by atoms with E-state index in [9.17, 15) is 0 Å². The summed E-state index contributed by atoms with van der Waals surface area (Å²) >= 11 is 0. The standard InChI is InChI=1S/C25H29FN6O3/c1-6-17(35-7-2)15-32(21-10-18(33-4)11-22(34-5)24(21)26)23-9-8-19-25(30-23)29-20(13-27-19)16-12-28-31(3)14-16/h8-14,17H,6-7,15H2,1-5H3. The molecule has 0 radical (unpaired) electrons. The SMILES string of the molecule is CCOC(CC)CN(c1ccc2ncc(-c3cnn(C)c3)nc2n1)c1cc(OC)cc(OC)c1F. The summed E-state index contributed by atoms with van der Waals surface area (Å²) in [7, 11) is 4.79. The topological polar surface area (TPSA) is 87.4 Å². The average molecular weight is 481 g/mol. The number of fused-ring (bicyclic) bond motifs is 1. The monoisotopic (exact) mass is 480 g/mol. The van der Waals surface area contributed by atoms with Crippen LogP contribution in [0.1, 0.15) is 20.3 Å². The van der Waals surface area contributed by atoms with Crippen LogP contribution in [0.25, 0.3) is 22.4 Å². The largest absolute Gasteiger partial charge is 0.497 e. The van der Waals surface area contributed by atoms with Crippen molar-refractivity contribution in [3.05, 3.63) is 48.7 Å². The van der Waals surface area contributed by atoms with E-state index in [0.717, 1.165) is 12.0 Å². The molecule has 3 heterocycles. The molecule has 0 fully saturated rings. The highest BCUT2D eigenvalue weighted by Crippen LogP contribution is 2.37. The van der Waals surface area contributed by atoms with Gasteiger partial charge in [-0.05, 0) is 25.5 Å². The molecule has 0 saturated heterocycles. The van der Waals surface area contributed by atoms with Gasteiger partial charge in [0.15, 0.2) is 17.2 Å². The third-order valence-electron chi connectivity index (χ3n) is 5.65. The van der Waals surface area contributed by atoms with Crippen LogP contribution in [0.5, 0.6) is 11.5 Å². The molecule has 3 aromatic heterocycles. The van der Waals surface area contributed by atoms with E-state index in [2.05, 4.69) is 10.1 Å². The maximum atomic E-state index is 15.5. The van der Waals surface area contributed by atoms with Crippen LogP contribution >= 0.6 is 0 Å². The fourth-order valence-electron chi connectivity index (χ4n) is 3.81. The molecule has 35 heavy (non-hydrogen) atoms. The van der Waals surface area contributed by atoms with Crippen LogP contribution in [0.4, 0.5) is 15.9 Å². The second kappa shape index (κ2) is 10.6. The van der Waals surface area contributed by atoms with Crippen molar-refractivity contribution in [2.24, 2.45) is 7.05 Å².